The molecule has 0 bridgehead atoms. The average Bonchev–Trinajstić information content (AvgIpc) is 1.86. The Hall–Kier alpha value is -0.0800. The van der Waals surface area contributed by atoms with Gasteiger partial charge in [0, 0.05) is 6.54 Å². The van der Waals surface area contributed by atoms with Gasteiger partial charge in [-0.1, -0.05) is 0 Å². The summed E-state index contributed by atoms with van der Waals surface area (Å²) in [7, 11) is 0. The van der Waals surface area contributed by atoms with Crippen molar-refractivity contribution in [1.29, 1.82) is 0 Å². The van der Waals surface area contributed by atoms with Crippen molar-refractivity contribution in [3.8, 4) is 0 Å². The topological polar surface area (TPSA) is 31.9 Å². The van der Waals surface area contributed by atoms with Gasteiger partial charge >= 0.3 is 0 Å². The third kappa shape index (κ3) is 0.698. The van der Waals surface area contributed by atoms with Gasteiger partial charge < -0.3 is 5.32 Å². The highest BCUT2D eigenvalue weighted by Gasteiger charge is 2.10. The highest BCUT2D eigenvalue weighted by Crippen LogP contribution is 1.94. The molecule has 1 radical (unpaired) electrons. The minimum Gasteiger partial charge on any atom is -0.314 e. The predicted molar refractivity (Wildman–Crippen MR) is 22.0 cm³/mol. The highest BCUT2D eigenvalue weighted by atomic mass is 16.3. The molecule has 35 valence electrons. The lowest BCUT2D eigenvalue weighted by Crippen LogP contribution is -2.10. The van der Waals surface area contributed by atoms with Crippen LogP contribution in [0.15, 0.2) is 0 Å². The number of hydrogen-bond acceptors (Lipinski definition) is 1. The Kier molecular flexibility index (Phi) is 1.08. The summed E-state index contributed by atoms with van der Waals surface area (Å²) >= 11 is 0. The van der Waals surface area contributed by atoms with E-state index in [1.807, 2.05) is 0 Å². The van der Waals surface area contributed by atoms with Gasteiger partial charge in [-0.25, -0.2) is 5.11 Å². The van der Waals surface area contributed by atoms with E-state index in [0.29, 0.717) is 6.54 Å². The zero-order valence-corrected chi connectivity index (χ0v) is 3.61. The second-order valence-electron chi connectivity index (χ2n) is 1.61. The van der Waals surface area contributed by atoms with Crippen molar-refractivity contribution in [1.82, 2.24) is 5.32 Å². The fourth-order valence-electron chi connectivity index (χ4n) is 0.628. The third-order valence-electron chi connectivity index (χ3n) is 1.02. The molecule has 0 unspecified atom stereocenters. The Balaban J connectivity index is 2.18. The van der Waals surface area contributed by atoms with E-state index in [0.717, 1.165) is 13.0 Å². The summed E-state index contributed by atoms with van der Waals surface area (Å²) in [6.45, 7) is 1.61. The van der Waals surface area contributed by atoms with Crippen LogP contribution in [-0.4, -0.2) is 19.2 Å². The molecule has 1 aliphatic heterocycles. The van der Waals surface area contributed by atoms with E-state index < -0.39 is 0 Å². The maximum Gasteiger partial charge on any atom is 0.107 e. The van der Waals surface area contributed by atoms with Crippen molar-refractivity contribution in [2.45, 2.75) is 12.5 Å². The first-order valence-electron chi connectivity index (χ1n) is 2.26. The SMILES string of the molecule is [O][C@@H]1CCNC1. The van der Waals surface area contributed by atoms with Crippen molar-refractivity contribution in [2.75, 3.05) is 13.1 Å². The summed E-state index contributed by atoms with van der Waals surface area (Å²) < 4.78 is 0. The first-order valence-corrected chi connectivity index (χ1v) is 2.26. The van der Waals surface area contributed by atoms with E-state index in [4.69, 9.17) is 0 Å². The molecule has 1 atom stereocenters. The van der Waals surface area contributed by atoms with Gasteiger partial charge in [-0.3, -0.25) is 0 Å². The smallest absolute Gasteiger partial charge is 0.107 e. The van der Waals surface area contributed by atoms with Crippen LogP contribution in [0.5, 0.6) is 0 Å². The molecule has 0 aromatic heterocycles. The standard InChI is InChI=1S/C4H8NO/c6-4-1-2-5-3-4/h4-5H,1-3H2/t4-/m1/s1. The largest absolute Gasteiger partial charge is 0.314 e. The second-order valence-corrected chi connectivity index (χ2v) is 1.61. The lowest BCUT2D eigenvalue weighted by atomic mass is 10.3. The summed E-state index contributed by atoms with van der Waals surface area (Å²) in [6, 6.07) is 0. The molecule has 1 heterocycles. The Morgan fingerprint density at radius 2 is 2.50 bits per heavy atom. The lowest BCUT2D eigenvalue weighted by Gasteiger charge is -1.86. The molecular formula is C4H8NO. The maximum absolute atomic E-state index is 10.3. The highest BCUT2D eigenvalue weighted by molar-refractivity contribution is 4.67. The minimum absolute atomic E-state index is 0.315. The first-order chi connectivity index (χ1) is 2.89. The molecule has 1 N–H and O–H groups in total. The third-order valence-corrected chi connectivity index (χ3v) is 1.02. The van der Waals surface area contributed by atoms with Crippen molar-refractivity contribution in [2.24, 2.45) is 0 Å². The fourth-order valence-corrected chi connectivity index (χ4v) is 0.628. The molecule has 1 fully saturated rings. The Morgan fingerprint density at radius 1 is 1.67 bits per heavy atom. The van der Waals surface area contributed by atoms with Gasteiger partial charge in [-0.2, -0.15) is 0 Å². The van der Waals surface area contributed by atoms with Crippen LogP contribution in [0.1, 0.15) is 6.42 Å². The monoisotopic (exact) mass is 86.1 g/mol. The predicted octanol–water partition coefficient (Wildman–Crippen LogP) is -0.221. The summed E-state index contributed by atoms with van der Waals surface area (Å²) in [4.78, 5) is 0. The van der Waals surface area contributed by atoms with Gasteiger partial charge in [-0.15, -0.1) is 0 Å². The van der Waals surface area contributed by atoms with Gasteiger partial charge in [0.2, 0.25) is 0 Å². The number of nitrogens with one attached hydrogen (secondary N) is 1. The number of hydrogen-bond donors (Lipinski definition) is 1. The molecule has 1 rings (SSSR count). The van der Waals surface area contributed by atoms with Crippen LogP contribution < -0.4 is 5.32 Å². The van der Waals surface area contributed by atoms with Gasteiger partial charge in [0.15, 0.2) is 0 Å². The van der Waals surface area contributed by atoms with E-state index in [2.05, 4.69) is 5.32 Å². The Labute approximate surface area is 37.2 Å². The molecule has 2 nitrogen and oxygen atoms in total. The van der Waals surface area contributed by atoms with Crippen LogP contribution in [0.4, 0.5) is 0 Å². The van der Waals surface area contributed by atoms with Crippen molar-refractivity contribution >= 4 is 0 Å². The van der Waals surface area contributed by atoms with Crippen molar-refractivity contribution in [3.63, 3.8) is 0 Å². The fraction of sp³-hybridized carbons (Fsp3) is 1.00. The zero-order chi connectivity index (χ0) is 4.41. The van der Waals surface area contributed by atoms with Gasteiger partial charge in [0.1, 0.15) is 6.10 Å². The Morgan fingerprint density at radius 3 is 2.67 bits per heavy atom. The van der Waals surface area contributed by atoms with E-state index in [1.54, 1.807) is 0 Å². The quantitative estimate of drug-likeness (QED) is 0.434. The summed E-state index contributed by atoms with van der Waals surface area (Å²) in [5.74, 6) is 0. The van der Waals surface area contributed by atoms with Crippen LogP contribution in [0.25, 0.3) is 0 Å². The van der Waals surface area contributed by atoms with Crippen LogP contribution in [-0.2, 0) is 5.11 Å². The van der Waals surface area contributed by atoms with Gasteiger partial charge in [0.25, 0.3) is 0 Å². The van der Waals surface area contributed by atoms with Crippen molar-refractivity contribution in [3.05, 3.63) is 0 Å². The molecule has 6 heavy (non-hydrogen) atoms. The molecule has 1 aliphatic rings. The summed E-state index contributed by atoms with van der Waals surface area (Å²) in [5, 5.41) is 13.2. The molecule has 0 aromatic rings. The van der Waals surface area contributed by atoms with Crippen molar-refractivity contribution < 1.29 is 5.11 Å². The summed E-state index contributed by atoms with van der Waals surface area (Å²) in [5.41, 5.74) is 0. The van der Waals surface area contributed by atoms with Crippen LogP contribution >= 0.6 is 0 Å². The summed E-state index contributed by atoms with van der Waals surface area (Å²) in [6.07, 6.45) is 0.505. The average molecular weight is 86.1 g/mol. The van der Waals surface area contributed by atoms with Crippen LogP contribution in [0.3, 0.4) is 0 Å². The Bertz CT molecular complexity index is 40.8. The molecule has 0 saturated carbocycles. The van der Waals surface area contributed by atoms with Crippen LogP contribution in [0, 0.1) is 0 Å². The first kappa shape index (κ1) is 4.09. The zero-order valence-electron chi connectivity index (χ0n) is 3.61. The molecule has 0 spiro atoms. The lowest BCUT2D eigenvalue weighted by molar-refractivity contribution is 0.107. The second kappa shape index (κ2) is 1.58. The number of rotatable bonds is 0. The molecule has 2 heteroatoms. The van der Waals surface area contributed by atoms with Gasteiger partial charge in [-0.05, 0) is 13.0 Å². The molecule has 0 aromatic carbocycles. The minimum atomic E-state index is -0.315. The van der Waals surface area contributed by atoms with E-state index in [9.17, 15) is 5.11 Å². The van der Waals surface area contributed by atoms with E-state index in [-0.39, 0.29) is 6.10 Å². The van der Waals surface area contributed by atoms with Crippen LogP contribution in [0.2, 0.25) is 0 Å². The molecule has 1 saturated heterocycles. The molecule has 0 amide bonds. The molecular weight excluding hydrogens is 78.0 g/mol. The maximum atomic E-state index is 10.3. The van der Waals surface area contributed by atoms with Gasteiger partial charge in [0.05, 0.1) is 0 Å². The normalized spacial score (nSPS) is 34.5. The van der Waals surface area contributed by atoms with E-state index in [1.165, 1.54) is 0 Å². The van der Waals surface area contributed by atoms with E-state index >= 15 is 0 Å². The molecule has 0 aliphatic carbocycles.